The number of carbonyl (C=O) groups is 1. The van der Waals surface area contributed by atoms with Crippen molar-refractivity contribution in [3.05, 3.63) is 59.2 Å². The van der Waals surface area contributed by atoms with Crippen molar-refractivity contribution in [2.45, 2.75) is 27.3 Å². The van der Waals surface area contributed by atoms with Crippen molar-refractivity contribution in [2.24, 2.45) is 0 Å². The third-order valence-electron chi connectivity index (χ3n) is 3.64. The topological polar surface area (TPSA) is 47.6 Å². The Morgan fingerprint density at radius 1 is 1.04 bits per heavy atom. The van der Waals surface area contributed by atoms with Gasteiger partial charge in [-0.1, -0.05) is 24.3 Å². The first kappa shape index (κ1) is 16.9. The first-order valence-corrected chi connectivity index (χ1v) is 7.77. The lowest BCUT2D eigenvalue weighted by Crippen LogP contribution is -2.28. The highest BCUT2D eigenvalue weighted by atomic mass is 16.5. The van der Waals surface area contributed by atoms with E-state index in [0.717, 1.165) is 28.2 Å². The summed E-state index contributed by atoms with van der Waals surface area (Å²) in [6, 6.07) is 13.5. The molecular formula is C19H23NO3. The molecule has 0 bridgehead atoms. The van der Waals surface area contributed by atoms with E-state index < -0.39 is 0 Å². The lowest BCUT2D eigenvalue weighted by Gasteiger charge is -2.11. The van der Waals surface area contributed by atoms with E-state index in [1.54, 1.807) is 0 Å². The molecular weight excluding hydrogens is 290 g/mol. The van der Waals surface area contributed by atoms with E-state index in [4.69, 9.17) is 9.47 Å². The molecule has 4 nitrogen and oxygen atoms in total. The molecule has 122 valence electrons. The predicted molar refractivity (Wildman–Crippen MR) is 90.9 cm³/mol. The fourth-order valence-corrected chi connectivity index (χ4v) is 2.15. The van der Waals surface area contributed by atoms with Crippen LogP contribution in [0.4, 0.5) is 0 Å². The van der Waals surface area contributed by atoms with Crippen molar-refractivity contribution in [3.63, 3.8) is 0 Å². The highest BCUT2D eigenvalue weighted by Crippen LogP contribution is 2.20. The standard InChI is InChI=1S/C19H23NO3/c1-4-22-17-10-8-16(9-11-17)12-20-19(21)13-23-18-7-5-6-14(2)15(18)3/h5-11H,4,12-13H2,1-3H3,(H,20,21). The molecule has 0 aromatic heterocycles. The van der Waals surface area contributed by atoms with Crippen molar-refractivity contribution >= 4 is 5.91 Å². The number of benzene rings is 2. The van der Waals surface area contributed by atoms with Gasteiger partial charge in [0, 0.05) is 6.54 Å². The Hall–Kier alpha value is -2.49. The van der Waals surface area contributed by atoms with Gasteiger partial charge in [0.1, 0.15) is 11.5 Å². The lowest BCUT2D eigenvalue weighted by atomic mass is 10.1. The SMILES string of the molecule is CCOc1ccc(CNC(=O)COc2cccc(C)c2C)cc1. The van der Waals surface area contributed by atoms with Crippen LogP contribution in [-0.4, -0.2) is 19.1 Å². The van der Waals surface area contributed by atoms with Gasteiger partial charge < -0.3 is 14.8 Å². The van der Waals surface area contributed by atoms with Crippen molar-refractivity contribution in [1.82, 2.24) is 5.32 Å². The monoisotopic (exact) mass is 313 g/mol. The Bertz CT molecular complexity index is 650. The number of aryl methyl sites for hydroxylation is 1. The Balaban J connectivity index is 1.79. The van der Waals surface area contributed by atoms with Gasteiger partial charge in [0.2, 0.25) is 0 Å². The Morgan fingerprint density at radius 2 is 1.78 bits per heavy atom. The summed E-state index contributed by atoms with van der Waals surface area (Å²) in [6.07, 6.45) is 0. The molecule has 0 fully saturated rings. The van der Waals surface area contributed by atoms with Gasteiger partial charge in [0.15, 0.2) is 6.61 Å². The van der Waals surface area contributed by atoms with Crippen LogP contribution in [0.5, 0.6) is 11.5 Å². The third kappa shape index (κ3) is 5.02. The molecule has 23 heavy (non-hydrogen) atoms. The Labute approximate surface area is 137 Å². The number of ether oxygens (including phenoxy) is 2. The number of hydrogen-bond donors (Lipinski definition) is 1. The van der Waals surface area contributed by atoms with Crippen molar-refractivity contribution in [3.8, 4) is 11.5 Å². The van der Waals surface area contributed by atoms with Crippen LogP contribution >= 0.6 is 0 Å². The van der Waals surface area contributed by atoms with E-state index in [0.29, 0.717) is 13.2 Å². The quantitative estimate of drug-likeness (QED) is 0.852. The van der Waals surface area contributed by atoms with Crippen LogP contribution in [0.1, 0.15) is 23.6 Å². The van der Waals surface area contributed by atoms with Gasteiger partial charge in [-0.15, -0.1) is 0 Å². The molecule has 0 unspecified atom stereocenters. The second-order valence-electron chi connectivity index (χ2n) is 5.34. The molecule has 2 rings (SSSR count). The molecule has 0 aliphatic carbocycles. The van der Waals surface area contributed by atoms with E-state index in [1.165, 1.54) is 0 Å². The zero-order valence-corrected chi connectivity index (χ0v) is 13.9. The van der Waals surface area contributed by atoms with Crippen LogP contribution < -0.4 is 14.8 Å². The molecule has 0 saturated heterocycles. The van der Waals surface area contributed by atoms with Crippen LogP contribution in [0.25, 0.3) is 0 Å². The molecule has 1 N–H and O–H groups in total. The first-order valence-electron chi connectivity index (χ1n) is 7.77. The minimum atomic E-state index is -0.139. The van der Waals surface area contributed by atoms with E-state index in [9.17, 15) is 4.79 Å². The molecule has 0 spiro atoms. The summed E-state index contributed by atoms with van der Waals surface area (Å²) in [4.78, 5) is 11.9. The second kappa shape index (κ2) is 8.22. The van der Waals surface area contributed by atoms with Crippen LogP contribution in [0.15, 0.2) is 42.5 Å². The van der Waals surface area contributed by atoms with Gasteiger partial charge in [-0.25, -0.2) is 0 Å². The summed E-state index contributed by atoms with van der Waals surface area (Å²) < 4.78 is 11.0. The minimum absolute atomic E-state index is 0.0152. The molecule has 0 radical (unpaired) electrons. The van der Waals surface area contributed by atoms with Crippen LogP contribution in [-0.2, 0) is 11.3 Å². The lowest BCUT2D eigenvalue weighted by molar-refractivity contribution is -0.123. The number of hydrogen-bond acceptors (Lipinski definition) is 3. The number of amides is 1. The van der Waals surface area contributed by atoms with E-state index in [2.05, 4.69) is 5.32 Å². The van der Waals surface area contributed by atoms with E-state index in [-0.39, 0.29) is 12.5 Å². The smallest absolute Gasteiger partial charge is 0.258 e. The van der Waals surface area contributed by atoms with Crippen LogP contribution in [0, 0.1) is 13.8 Å². The van der Waals surface area contributed by atoms with Gasteiger partial charge in [-0.3, -0.25) is 4.79 Å². The highest BCUT2D eigenvalue weighted by Gasteiger charge is 2.06. The maximum Gasteiger partial charge on any atom is 0.258 e. The molecule has 2 aromatic carbocycles. The van der Waals surface area contributed by atoms with Gasteiger partial charge in [0.05, 0.1) is 6.61 Å². The second-order valence-corrected chi connectivity index (χ2v) is 5.34. The number of carbonyl (C=O) groups excluding carboxylic acids is 1. The first-order chi connectivity index (χ1) is 11.1. The molecule has 0 atom stereocenters. The molecule has 0 saturated carbocycles. The number of rotatable bonds is 7. The fraction of sp³-hybridized carbons (Fsp3) is 0.316. The number of nitrogens with one attached hydrogen (secondary N) is 1. The predicted octanol–water partition coefficient (Wildman–Crippen LogP) is 3.40. The van der Waals surface area contributed by atoms with Crippen molar-refractivity contribution in [1.29, 1.82) is 0 Å². The Kier molecular flexibility index (Phi) is 6.03. The molecule has 0 heterocycles. The Morgan fingerprint density at radius 3 is 2.48 bits per heavy atom. The van der Waals surface area contributed by atoms with Crippen LogP contribution in [0.2, 0.25) is 0 Å². The normalized spacial score (nSPS) is 10.2. The van der Waals surface area contributed by atoms with Gasteiger partial charge >= 0.3 is 0 Å². The van der Waals surface area contributed by atoms with Gasteiger partial charge in [-0.05, 0) is 55.7 Å². The van der Waals surface area contributed by atoms with Crippen molar-refractivity contribution in [2.75, 3.05) is 13.2 Å². The largest absolute Gasteiger partial charge is 0.494 e. The van der Waals surface area contributed by atoms with Crippen molar-refractivity contribution < 1.29 is 14.3 Å². The average Bonchev–Trinajstić information content (AvgIpc) is 2.56. The zero-order valence-electron chi connectivity index (χ0n) is 13.9. The maximum absolute atomic E-state index is 11.9. The highest BCUT2D eigenvalue weighted by molar-refractivity contribution is 5.77. The third-order valence-corrected chi connectivity index (χ3v) is 3.64. The summed E-state index contributed by atoms with van der Waals surface area (Å²) >= 11 is 0. The summed E-state index contributed by atoms with van der Waals surface area (Å²) in [5, 5.41) is 2.85. The fourth-order valence-electron chi connectivity index (χ4n) is 2.15. The van der Waals surface area contributed by atoms with E-state index in [1.807, 2.05) is 63.2 Å². The summed E-state index contributed by atoms with van der Waals surface area (Å²) in [7, 11) is 0. The summed E-state index contributed by atoms with van der Waals surface area (Å²) in [5.74, 6) is 1.45. The molecule has 2 aromatic rings. The maximum atomic E-state index is 11.9. The zero-order chi connectivity index (χ0) is 16.7. The van der Waals surface area contributed by atoms with E-state index >= 15 is 0 Å². The minimum Gasteiger partial charge on any atom is -0.494 e. The summed E-state index contributed by atoms with van der Waals surface area (Å²) in [5.41, 5.74) is 3.23. The molecule has 0 aliphatic rings. The van der Waals surface area contributed by atoms with Gasteiger partial charge in [0.25, 0.3) is 5.91 Å². The average molecular weight is 313 g/mol. The molecule has 0 aliphatic heterocycles. The summed E-state index contributed by atoms with van der Waals surface area (Å²) in [6.45, 7) is 7.09. The molecule has 4 heteroatoms. The van der Waals surface area contributed by atoms with Crippen LogP contribution in [0.3, 0.4) is 0 Å². The molecule has 1 amide bonds. The van der Waals surface area contributed by atoms with Gasteiger partial charge in [-0.2, -0.15) is 0 Å².